The number of carbonyl (C=O) groups is 1. The van der Waals surface area contributed by atoms with E-state index in [1.165, 1.54) is 49.9 Å². The first kappa shape index (κ1) is 21.4. The van der Waals surface area contributed by atoms with Crippen LogP contribution in [0.25, 0.3) is 0 Å². The third-order valence-electron chi connectivity index (χ3n) is 4.60. The van der Waals surface area contributed by atoms with Gasteiger partial charge in [-0.3, -0.25) is 4.79 Å². The summed E-state index contributed by atoms with van der Waals surface area (Å²) in [5.41, 5.74) is 0.0341. The van der Waals surface area contributed by atoms with E-state index in [-0.39, 0.29) is 22.6 Å². The van der Waals surface area contributed by atoms with Crippen molar-refractivity contribution in [1.29, 1.82) is 0 Å². The summed E-state index contributed by atoms with van der Waals surface area (Å²) in [7, 11) is 0. The summed E-state index contributed by atoms with van der Waals surface area (Å²) in [5.74, 6) is -2.40. The molecule has 152 valence electrons. The van der Waals surface area contributed by atoms with Crippen molar-refractivity contribution in [1.82, 2.24) is 0 Å². The summed E-state index contributed by atoms with van der Waals surface area (Å²) < 4.78 is 5.61. The molecule has 0 fully saturated rings. The fourth-order valence-electron chi connectivity index (χ4n) is 2.92. The van der Waals surface area contributed by atoms with Gasteiger partial charge < -0.3 is 25.2 Å². The standard InChI is InChI=1S/C22H28O6/c1-2-3-4-5-6-7-8-13-28-19-14-15(9-11-17(19)23)20(25)16-10-12-18(24)22(27)21(16)26/h9-12,14,23-24,26-27H,2-8,13H2,1H3. The van der Waals surface area contributed by atoms with E-state index >= 15 is 0 Å². The van der Waals surface area contributed by atoms with Gasteiger partial charge in [-0.05, 0) is 36.8 Å². The van der Waals surface area contributed by atoms with Crippen LogP contribution in [-0.4, -0.2) is 32.8 Å². The quantitative estimate of drug-likeness (QED) is 0.248. The number of hydrogen-bond donors (Lipinski definition) is 4. The Morgan fingerprint density at radius 2 is 1.46 bits per heavy atom. The second-order valence-corrected chi connectivity index (χ2v) is 6.81. The second kappa shape index (κ2) is 10.4. The molecule has 0 amide bonds. The molecule has 0 radical (unpaired) electrons. The number of phenolic OH excluding ortho intramolecular Hbond substituents is 4. The molecule has 0 aliphatic heterocycles. The molecule has 0 spiro atoms. The number of unbranched alkanes of at least 4 members (excludes halogenated alkanes) is 6. The van der Waals surface area contributed by atoms with E-state index < -0.39 is 23.0 Å². The third kappa shape index (κ3) is 5.55. The van der Waals surface area contributed by atoms with E-state index in [0.29, 0.717) is 6.61 Å². The Hall–Kier alpha value is -2.89. The highest BCUT2D eigenvalue weighted by atomic mass is 16.5. The topological polar surface area (TPSA) is 107 Å². The van der Waals surface area contributed by atoms with Gasteiger partial charge in [-0.1, -0.05) is 45.4 Å². The van der Waals surface area contributed by atoms with Gasteiger partial charge in [0.1, 0.15) is 0 Å². The molecule has 0 atom stereocenters. The molecule has 6 nitrogen and oxygen atoms in total. The van der Waals surface area contributed by atoms with Crippen molar-refractivity contribution in [3.63, 3.8) is 0 Å². The summed E-state index contributed by atoms with van der Waals surface area (Å²) in [6.07, 6.45) is 8.00. The van der Waals surface area contributed by atoms with E-state index in [0.717, 1.165) is 25.3 Å². The Morgan fingerprint density at radius 1 is 0.821 bits per heavy atom. The molecule has 0 saturated heterocycles. The molecule has 0 aliphatic carbocycles. The van der Waals surface area contributed by atoms with Gasteiger partial charge in [0.15, 0.2) is 28.8 Å². The molecule has 0 aromatic heterocycles. The molecular weight excluding hydrogens is 360 g/mol. The number of aromatic hydroxyl groups is 4. The number of hydrogen-bond acceptors (Lipinski definition) is 6. The molecule has 0 unspecified atom stereocenters. The van der Waals surface area contributed by atoms with E-state index in [1.807, 2.05) is 0 Å². The first-order valence-corrected chi connectivity index (χ1v) is 9.70. The third-order valence-corrected chi connectivity index (χ3v) is 4.60. The first-order chi connectivity index (χ1) is 13.5. The number of ether oxygens (including phenoxy) is 1. The number of carbonyl (C=O) groups excluding carboxylic acids is 1. The molecule has 0 heterocycles. The van der Waals surface area contributed by atoms with Crippen LogP contribution in [0.4, 0.5) is 0 Å². The lowest BCUT2D eigenvalue weighted by molar-refractivity contribution is 0.103. The molecular formula is C22H28O6. The van der Waals surface area contributed by atoms with Crippen molar-refractivity contribution in [2.45, 2.75) is 51.9 Å². The largest absolute Gasteiger partial charge is 0.504 e. The monoisotopic (exact) mass is 388 g/mol. The Labute approximate surface area is 165 Å². The van der Waals surface area contributed by atoms with Gasteiger partial charge in [0.05, 0.1) is 12.2 Å². The van der Waals surface area contributed by atoms with E-state index in [2.05, 4.69) is 6.92 Å². The minimum atomic E-state index is -0.750. The first-order valence-electron chi connectivity index (χ1n) is 9.70. The van der Waals surface area contributed by atoms with Crippen molar-refractivity contribution in [3.05, 3.63) is 41.5 Å². The fraction of sp³-hybridized carbons (Fsp3) is 0.409. The molecule has 2 aromatic carbocycles. The molecule has 28 heavy (non-hydrogen) atoms. The van der Waals surface area contributed by atoms with Gasteiger partial charge in [-0.25, -0.2) is 0 Å². The molecule has 0 aliphatic rings. The minimum absolute atomic E-state index is 0.0720. The molecule has 0 bridgehead atoms. The van der Waals surface area contributed by atoms with E-state index in [1.54, 1.807) is 0 Å². The molecule has 0 saturated carbocycles. The van der Waals surface area contributed by atoms with Crippen LogP contribution < -0.4 is 4.74 Å². The zero-order valence-corrected chi connectivity index (χ0v) is 16.1. The van der Waals surface area contributed by atoms with Crippen LogP contribution in [-0.2, 0) is 0 Å². The number of ketones is 1. The lowest BCUT2D eigenvalue weighted by atomic mass is 10.0. The highest BCUT2D eigenvalue weighted by Gasteiger charge is 2.19. The predicted octanol–water partition coefficient (Wildman–Crippen LogP) is 4.87. The Morgan fingerprint density at radius 3 is 2.18 bits per heavy atom. The maximum absolute atomic E-state index is 12.6. The van der Waals surface area contributed by atoms with Crippen molar-refractivity contribution < 1.29 is 30.0 Å². The fourth-order valence-corrected chi connectivity index (χ4v) is 2.92. The SMILES string of the molecule is CCCCCCCCCOc1cc(C(=O)c2ccc(O)c(O)c2O)ccc1O. The van der Waals surface area contributed by atoms with Crippen LogP contribution in [0.2, 0.25) is 0 Å². The van der Waals surface area contributed by atoms with Crippen LogP contribution in [0.15, 0.2) is 30.3 Å². The number of rotatable bonds is 11. The number of benzene rings is 2. The van der Waals surface area contributed by atoms with E-state index in [9.17, 15) is 25.2 Å². The average molecular weight is 388 g/mol. The molecule has 6 heteroatoms. The normalized spacial score (nSPS) is 10.8. The Kier molecular flexibility index (Phi) is 7.99. The van der Waals surface area contributed by atoms with Crippen LogP contribution >= 0.6 is 0 Å². The van der Waals surface area contributed by atoms with Crippen LogP contribution in [0.3, 0.4) is 0 Å². The van der Waals surface area contributed by atoms with Crippen molar-refractivity contribution >= 4 is 5.78 Å². The Balaban J connectivity index is 1.97. The minimum Gasteiger partial charge on any atom is -0.504 e. The van der Waals surface area contributed by atoms with Crippen LogP contribution in [0, 0.1) is 0 Å². The summed E-state index contributed by atoms with van der Waals surface area (Å²) >= 11 is 0. The zero-order valence-electron chi connectivity index (χ0n) is 16.1. The van der Waals surface area contributed by atoms with Crippen molar-refractivity contribution in [2.24, 2.45) is 0 Å². The van der Waals surface area contributed by atoms with Gasteiger partial charge in [0.2, 0.25) is 5.75 Å². The summed E-state index contributed by atoms with van der Waals surface area (Å²) in [6.45, 7) is 2.62. The maximum atomic E-state index is 12.6. The highest BCUT2D eigenvalue weighted by Crippen LogP contribution is 2.38. The zero-order chi connectivity index (χ0) is 20.5. The van der Waals surface area contributed by atoms with E-state index in [4.69, 9.17) is 4.74 Å². The maximum Gasteiger partial charge on any atom is 0.201 e. The van der Waals surface area contributed by atoms with Gasteiger partial charge in [0, 0.05) is 5.56 Å². The summed E-state index contributed by atoms with van der Waals surface area (Å²) in [6, 6.07) is 6.51. The number of phenols is 4. The molecule has 4 N–H and O–H groups in total. The van der Waals surface area contributed by atoms with Gasteiger partial charge in [-0.2, -0.15) is 0 Å². The smallest absolute Gasteiger partial charge is 0.201 e. The van der Waals surface area contributed by atoms with Gasteiger partial charge >= 0.3 is 0 Å². The highest BCUT2D eigenvalue weighted by molar-refractivity contribution is 6.11. The molecule has 2 rings (SSSR count). The predicted molar refractivity (Wildman–Crippen MR) is 106 cm³/mol. The molecule has 2 aromatic rings. The van der Waals surface area contributed by atoms with Crippen molar-refractivity contribution in [3.8, 4) is 28.7 Å². The summed E-state index contributed by atoms with van der Waals surface area (Å²) in [4.78, 5) is 12.6. The van der Waals surface area contributed by atoms with Crippen LogP contribution in [0.1, 0.15) is 67.8 Å². The lowest BCUT2D eigenvalue weighted by Gasteiger charge is -2.11. The lowest BCUT2D eigenvalue weighted by Crippen LogP contribution is -2.04. The van der Waals surface area contributed by atoms with Crippen LogP contribution in [0.5, 0.6) is 28.7 Å². The van der Waals surface area contributed by atoms with Gasteiger partial charge in [0.25, 0.3) is 0 Å². The van der Waals surface area contributed by atoms with Crippen molar-refractivity contribution in [2.75, 3.05) is 6.61 Å². The Bertz CT molecular complexity index is 800. The average Bonchev–Trinajstić information content (AvgIpc) is 2.69. The summed E-state index contributed by atoms with van der Waals surface area (Å²) in [5, 5.41) is 38.8. The second-order valence-electron chi connectivity index (χ2n) is 6.81. The van der Waals surface area contributed by atoms with Gasteiger partial charge in [-0.15, -0.1) is 0 Å².